The molecule has 0 aromatic heterocycles. The molecule has 0 saturated carbocycles. The molecule has 0 atom stereocenters. The Morgan fingerprint density at radius 2 is 1.92 bits per heavy atom. The highest BCUT2D eigenvalue weighted by Gasteiger charge is 2.16. The fraction of sp³-hybridized carbons (Fsp3) is 0.143. The lowest BCUT2D eigenvalue weighted by Gasteiger charge is -2.06. The molecule has 0 saturated heterocycles. The number of para-hydroxylation sites is 1. The number of aryl methyl sites for hydroxylation is 1. The zero-order chi connectivity index (χ0) is 9.90. The Labute approximate surface area is 75.1 Å². The van der Waals surface area contributed by atoms with Crippen LogP contribution in [0.1, 0.15) is 5.56 Å². The number of phosphoric acid groups is 1. The molecule has 0 amide bonds. The van der Waals surface area contributed by atoms with Crippen LogP contribution in [0.4, 0.5) is 0 Å². The van der Waals surface area contributed by atoms with E-state index in [1.165, 1.54) is 0 Å². The van der Waals surface area contributed by atoms with Gasteiger partial charge in [-0.1, -0.05) is 22.9 Å². The molecule has 2 N–H and O–H groups in total. The lowest BCUT2D eigenvalue weighted by Crippen LogP contribution is -1.95. The number of benzene rings is 1. The van der Waals surface area contributed by atoms with E-state index in [1.807, 2.05) is 0 Å². The van der Waals surface area contributed by atoms with Crippen LogP contribution in [0.2, 0.25) is 0 Å². The summed E-state index contributed by atoms with van der Waals surface area (Å²) in [5, 5.41) is 0. The summed E-state index contributed by atoms with van der Waals surface area (Å²) >= 11 is 0. The number of rotatable bonds is 3. The molecule has 72 valence electrons. The van der Waals surface area contributed by atoms with Crippen LogP contribution >= 0.6 is 7.82 Å². The van der Waals surface area contributed by atoms with Crippen LogP contribution in [0, 0.1) is 6.92 Å². The van der Waals surface area contributed by atoms with Gasteiger partial charge < -0.3 is 14.7 Å². The molecule has 13 heavy (non-hydrogen) atoms. The quantitative estimate of drug-likeness (QED) is 0.442. The van der Waals surface area contributed by atoms with Gasteiger partial charge in [0, 0.05) is 0 Å². The van der Waals surface area contributed by atoms with Crippen LogP contribution in [0.3, 0.4) is 0 Å². The maximum Gasteiger partial charge on any atom is 0.505 e. The zero-order valence-corrected chi connectivity index (χ0v) is 7.77. The van der Waals surface area contributed by atoms with Crippen LogP contribution in [-0.4, -0.2) is 9.79 Å². The van der Waals surface area contributed by atoms with Crippen molar-refractivity contribution in [2.75, 3.05) is 0 Å². The molecular formula is C7H9O5P. The molecule has 1 rings (SSSR count). The van der Waals surface area contributed by atoms with Crippen LogP contribution in [0.15, 0.2) is 24.3 Å². The average molecular weight is 204 g/mol. The molecular weight excluding hydrogens is 195 g/mol. The van der Waals surface area contributed by atoms with Crippen LogP contribution in [0.25, 0.3) is 0 Å². The summed E-state index contributed by atoms with van der Waals surface area (Å²) in [6.07, 6.45) is 0. The third-order valence-electron chi connectivity index (χ3n) is 1.32. The molecule has 5 nitrogen and oxygen atoms in total. The van der Waals surface area contributed by atoms with Crippen molar-refractivity contribution in [3.63, 3.8) is 0 Å². The minimum Gasteiger partial charge on any atom is -0.327 e. The second-order valence-electron chi connectivity index (χ2n) is 2.41. The van der Waals surface area contributed by atoms with Crippen molar-refractivity contribution in [2.24, 2.45) is 0 Å². The first-order chi connectivity index (χ1) is 5.99. The highest BCUT2D eigenvalue weighted by atomic mass is 31.2. The molecule has 0 aliphatic rings. The Bertz CT molecular complexity index is 331. The lowest BCUT2D eigenvalue weighted by atomic mass is 10.2. The van der Waals surface area contributed by atoms with Gasteiger partial charge in [-0.25, -0.2) is 4.57 Å². The minimum absolute atomic E-state index is 0.283. The summed E-state index contributed by atoms with van der Waals surface area (Å²) in [6.45, 7) is 1.73. The van der Waals surface area contributed by atoms with Gasteiger partial charge >= 0.3 is 7.82 Å². The van der Waals surface area contributed by atoms with Crippen LogP contribution < -0.4 is 4.89 Å². The largest absolute Gasteiger partial charge is 0.505 e. The Morgan fingerprint density at radius 3 is 2.46 bits per heavy atom. The van der Waals surface area contributed by atoms with E-state index in [4.69, 9.17) is 9.79 Å². The average Bonchev–Trinajstić information content (AvgIpc) is 2.01. The maximum atomic E-state index is 10.3. The fourth-order valence-corrected chi connectivity index (χ4v) is 0.916. The van der Waals surface area contributed by atoms with Gasteiger partial charge in [0.05, 0.1) is 0 Å². The monoisotopic (exact) mass is 204 g/mol. The number of hydrogen-bond donors (Lipinski definition) is 2. The van der Waals surface area contributed by atoms with Crippen molar-refractivity contribution >= 4 is 7.82 Å². The van der Waals surface area contributed by atoms with E-state index in [2.05, 4.69) is 9.56 Å². The molecule has 0 spiro atoms. The van der Waals surface area contributed by atoms with Gasteiger partial charge in [0.2, 0.25) is 0 Å². The third-order valence-corrected chi connectivity index (χ3v) is 1.59. The molecule has 0 aliphatic heterocycles. The fourth-order valence-electron chi connectivity index (χ4n) is 0.739. The van der Waals surface area contributed by atoms with Crippen molar-refractivity contribution in [1.29, 1.82) is 0 Å². The molecule has 0 unspecified atom stereocenters. The van der Waals surface area contributed by atoms with E-state index in [1.54, 1.807) is 31.2 Å². The molecule has 1 aromatic carbocycles. The van der Waals surface area contributed by atoms with Crippen molar-refractivity contribution in [3.8, 4) is 5.75 Å². The number of hydrogen-bond acceptors (Lipinski definition) is 3. The van der Waals surface area contributed by atoms with E-state index in [0.29, 0.717) is 0 Å². The van der Waals surface area contributed by atoms with Crippen molar-refractivity contribution < 1.29 is 23.9 Å². The van der Waals surface area contributed by atoms with Gasteiger partial charge in [-0.05, 0) is 18.6 Å². The van der Waals surface area contributed by atoms with Crippen molar-refractivity contribution in [2.45, 2.75) is 6.92 Å². The molecule has 0 bridgehead atoms. The van der Waals surface area contributed by atoms with Crippen molar-refractivity contribution in [1.82, 2.24) is 0 Å². The molecule has 0 aliphatic carbocycles. The zero-order valence-electron chi connectivity index (χ0n) is 6.88. The second-order valence-corrected chi connectivity index (χ2v) is 3.54. The second kappa shape index (κ2) is 3.89. The van der Waals surface area contributed by atoms with Gasteiger partial charge in [0.15, 0.2) is 5.75 Å². The summed E-state index contributed by atoms with van der Waals surface area (Å²) in [6, 6.07) is 6.73. The Kier molecular flexibility index (Phi) is 3.06. The van der Waals surface area contributed by atoms with Crippen LogP contribution in [-0.2, 0) is 9.24 Å². The minimum atomic E-state index is -4.57. The Morgan fingerprint density at radius 1 is 1.31 bits per heavy atom. The first kappa shape index (κ1) is 10.2. The van der Waals surface area contributed by atoms with Crippen LogP contribution in [0.5, 0.6) is 5.75 Å². The van der Waals surface area contributed by atoms with E-state index in [-0.39, 0.29) is 5.75 Å². The summed E-state index contributed by atoms with van der Waals surface area (Å²) in [7, 11) is -4.57. The first-order valence-corrected chi connectivity index (χ1v) is 4.99. The highest BCUT2D eigenvalue weighted by Crippen LogP contribution is 2.36. The van der Waals surface area contributed by atoms with Gasteiger partial charge in [-0.15, -0.1) is 0 Å². The standard InChI is InChI=1S/C7H9O5P/c1-6-4-2-3-5-7(6)11-12-13(8,9)10/h2-5H,1H3,(H2,8,9,10). The summed E-state index contributed by atoms with van der Waals surface area (Å²) in [4.78, 5) is 21.1. The normalized spacial score (nSPS) is 11.3. The highest BCUT2D eigenvalue weighted by molar-refractivity contribution is 7.46. The predicted octanol–water partition coefficient (Wildman–Crippen LogP) is 1.40. The summed E-state index contributed by atoms with van der Waals surface area (Å²) in [5.41, 5.74) is 0.732. The van der Waals surface area contributed by atoms with E-state index in [9.17, 15) is 4.57 Å². The Balaban J connectivity index is 2.65. The summed E-state index contributed by atoms with van der Waals surface area (Å²) in [5.74, 6) is 0.283. The van der Waals surface area contributed by atoms with Gasteiger partial charge in [0.25, 0.3) is 0 Å². The molecule has 0 radical (unpaired) electrons. The topological polar surface area (TPSA) is 76.0 Å². The maximum absolute atomic E-state index is 10.3. The van der Waals surface area contributed by atoms with E-state index in [0.717, 1.165) is 5.56 Å². The summed E-state index contributed by atoms with van der Waals surface area (Å²) < 4.78 is 14.1. The van der Waals surface area contributed by atoms with E-state index < -0.39 is 7.82 Å². The molecule has 1 aromatic rings. The molecule has 0 heterocycles. The predicted molar refractivity (Wildman–Crippen MR) is 44.9 cm³/mol. The van der Waals surface area contributed by atoms with Gasteiger partial charge in [0.1, 0.15) is 0 Å². The molecule has 6 heteroatoms. The Hall–Kier alpha value is -0.870. The first-order valence-electron chi connectivity index (χ1n) is 3.46. The third kappa shape index (κ3) is 3.57. The SMILES string of the molecule is Cc1ccccc1OOP(=O)(O)O. The van der Waals surface area contributed by atoms with Gasteiger partial charge in [-0.2, -0.15) is 0 Å². The van der Waals surface area contributed by atoms with Gasteiger partial charge in [-0.3, -0.25) is 0 Å². The smallest absolute Gasteiger partial charge is 0.327 e. The molecule has 0 fully saturated rings. The lowest BCUT2D eigenvalue weighted by molar-refractivity contribution is -0.123. The van der Waals surface area contributed by atoms with Crippen molar-refractivity contribution in [3.05, 3.63) is 29.8 Å². The van der Waals surface area contributed by atoms with E-state index >= 15 is 0 Å².